The van der Waals surface area contributed by atoms with Crippen molar-refractivity contribution in [2.24, 2.45) is 0 Å². The molecule has 1 aliphatic rings. The van der Waals surface area contributed by atoms with Crippen LogP contribution in [0.3, 0.4) is 0 Å². The number of benzene rings is 2. The normalized spacial score (nSPS) is 15.2. The van der Waals surface area contributed by atoms with E-state index in [0.29, 0.717) is 18.1 Å². The van der Waals surface area contributed by atoms with E-state index in [-0.39, 0.29) is 6.03 Å². The zero-order valence-corrected chi connectivity index (χ0v) is 15.6. The van der Waals surface area contributed by atoms with Crippen LogP contribution >= 0.6 is 23.2 Å². The van der Waals surface area contributed by atoms with Crippen LogP contribution in [0, 0.1) is 6.92 Å². The first-order chi connectivity index (χ1) is 12.0. The van der Waals surface area contributed by atoms with Crippen molar-refractivity contribution in [1.82, 2.24) is 9.80 Å². The third kappa shape index (κ3) is 4.66. The lowest BCUT2D eigenvalue weighted by atomic mass is 10.2. The zero-order chi connectivity index (χ0) is 17.8. The van der Waals surface area contributed by atoms with Crippen LogP contribution in [0.5, 0.6) is 0 Å². The Hall–Kier alpha value is -1.75. The fraction of sp³-hybridized carbons (Fsp3) is 0.316. The summed E-state index contributed by atoms with van der Waals surface area (Å²) in [7, 11) is 0. The summed E-state index contributed by atoms with van der Waals surface area (Å²) in [6.07, 6.45) is 0. The molecular formula is C19H21Cl2N3O. The number of amides is 2. The van der Waals surface area contributed by atoms with Gasteiger partial charge in [0.15, 0.2) is 0 Å². The second-order valence-corrected chi connectivity index (χ2v) is 7.09. The monoisotopic (exact) mass is 377 g/mol. The van der Waals surface area contributed by atoms with Crippen molar-refractivity contribution < 1.29 is 4.79 Å². The van der Waals surface area contributed by atoms with E-state index in [0.717, 1.165) is 41.5 Å². The average molecular weight is 378 g/mol. The van der Waals surface area contributed by atoms with E-state index >= 15 is 0 Å². The molecule has 0 radical (unpaired) electrons. The molecule has 1 N–H and O–H groups in total. The van der Waals surface area contributed by atoms with Gasteiger partial charge in [-0.25, -0.2) is 4.79 Å². The molecule has 0 unspecified atom stereocenters. The number of rotatable bonds is 3. The summed E-state index contributed by atoms with van der Waals surface area (Å²) in [4.78, 5) is 16.6. The molecule has 0 bridgehead atoms. The van der Waals surface area contributed by atoms with Gasteiger partial charge in [0.25, 0.3) is 0 Å². The van der Waals surface area contributed by atoms with E-state index in [9.17, 15) is 4.79 Å². The van der Waals surface area contributed by atoms with Crippen molar-refractivity contribution >= 4 is 34.9 Å². The number of nitrogens with one attached hydrogen (secondary N) is 1. The number of carbonyl (C=O) groups excluding carboxylic acids is 1. The fourth-order valence-corrected chi connectivity index (χ4v) is 3.36. The molecule has 0 spiro atoms. The first-order valence-corrected chi connectivity index (χ1v) is 9.06. The molecule has 6 heteroatoms. The lowest BCUT2D eigenvalue weighted by Gasteiger charge is -2.35. The van der Waals surface area contributed by atoms with E-state index in [1.807, 2.05) is 48.2 Å². The molecule has 3 rings (SSSR count). The maximum atomic E-state index is 12.5. The van der Waals surface area contributed by atoms with Crippen LogP contribution in [0.2, 0.25) is 10.0 Å². The van der Waals surface area contributed by atoms with Crippen molar-refractivity contribution in [2.75, 3.05) is 31.5 Å². The second-order valence-electron chi connectivity index (χ2n) is 6.24. The largest absolute Gasteiger partial charge is 0.322 e. The van der Waals surface area contributed by atoms with E-state index in [1.54, 1.807) is 6.07 Å². The SMILES string of the molecule is Cc1cc(Cl)ccc1NC(=O)N1CCN(Cc2ccccc2Cl)CC1. The molecule has 2 aromatic rings. The minimum absolute atomic E-state index is 0.0668. The van der Waals surface area contributed by atoms with Gasteiger partial charge in [0.2, 0.25) is 0 Å². The minimum Gasteiger partial charge on any atom is -0.322 e. The smallest absolute Gasteiger partial charge is 0.321 e. The van der Waals surface area contributed by atoms with Crippen LogP contribution in [0.25, 0.3) is 0 Å². The summed E-state index contributed by atoms with van der Waals surface area (Å²) in [5.41, 5.74) is 2.88. The number of piperazine rings is 1. The van der Waals surface area contributed by atoms with Crippen LogP contribution in [-0.2, 0) is 6.54 Å². The lowest BCUT2D eigenvalue weighted by molar-refractivity contribution is 0.143. The molecule has 1 heterocycles. The number of carbonyl (C=O) groups is 1. The molecule has 4 nitrogen and oxygen atoms in total. The summed E-state index contributed by atoms with van der Waals surface area (Å²) in [5, 5.41) is 4.43. The molecule has 0 atom stereocenters. The van der Waals surface area contributed by atoms with E-state index in [1.165, 1.54) is 0 Å². The second kappa shape index (κ2) is 8.09. The molecule has 132 valence electrons. The highest BCUT2D eigenvalue weighted by atomic mass is 35.5. The molecule has 25 heavy (non-hydrogen) atoms. The number of nitrogens with zero attached hydrogens (tertiary/aromatic N) is 2. The molecular weight excluding hydrogens is 357 g/mol. The maximum Gasteiger partial charge on any atom is 0.321 e. The molecule has 1 fully saturated rings. The summed E-state index contributed by atoms with van der Waals surface area (Å²) >= 11 is 12.2. The van der Waals surface area contributed by atoms with Crippen molar-refractivity contribution in [3.05, 3.63) is 63.6 Å². The number of halogens is 2. The highest BCUT2D eigenvalue weighted by molar-refractivity contribution is 6.31. The molecule has 1 saturated heterocycles. The molecule has 0 saturated carbocycles. The Balaban J connectivity index is 1.53. The lowest BCUT2D eigenvalue weighted by Crippen LogP contribution is -2.49. The molecule has 0 aromatic heterocycles. The molecule has 0 aliphatic carbocycles. The van der Waals surface area contributed by atoms with E-state index in [2.05, 4.69) is 10.2 Å². The third-order valence-corrected chi connectivity index (χ3v) is 5.05. The highest BCUT2D eigenvalue weighted by Gasteiger charge is 2.21. The van der Waals surface area contributed by atoms with E-state index < -0.39 is 0 Å². The highest BCUT2D eigenvalue weighted by Crippen LogP contribution is 2.21. The number of urea groups is 1. The predicted molar refractivity (Wildman–Crippen MR) is 104 cm³/mol. The van der Waals surface area contributed by atoms with E-state index in [4.69, 9.17) is 23.2 Å². The van der Waals surface area contributed by atoms with Crippen LogP contribution in [-0.4, -0.2) is 42.0 Å². The zero-order valence-electron chi connectivity index (χ0n) is 14.1. The number of anilines is 1. The van der Waals surface area contributed by atoms with Gasteiger partial charge < -0.3 is 10.2 Å². The van der Waals surface area contributed by atoms with Crippen molar-refractivity contribution in [3.63, 3.8) is 0 Å². The molecule has 2 amide bonds. The number of hydrogen-bond acceptors (Lipinski definition) is 2. The van der Waals surface area contributed by atoms with Crippen LogP contribution in [0.4, 0.5) is 10.5 Å². The van der Waals surface area contributed by atoms with Crippen LogP contribution in [0.1, 0.15) is 11.1 Å². The van der Waals surface area contributed by atoms with Gasteiger partial charge in [-0.3, -0.25) is 4.90 Å². The van der Waals surface area contributed by atoms with Crippen LogP contribution in [0.15, 0.2) is 42.5 Å². The van der Waals surface area contributed by atoms with Crippen molar-refractivity contribution in [3.8, 4) is 0 Å². The van der Waals surface area contributed by atoms with Gasteiger partial charge >= 0.3 is 6.03 Å². The topological polar surface area (TPSA) is 35.6 Å². The Morgan fingerprint density at radius 3 is 2.48 bits per heavy atom. The van der Waals surface area contributed by atoms with Gasteiger partial charge in [-0.05, 0) is 42.3 Å². The quantitative estimate of drug-likeness (QED) is 0.844. The molecule has 2 aromatic carbocycles. The Kier molecular flexibility index (Phi) is 5.84. The Labute approximate surface area is 158 Å². The van der Waals surface area contributed by atoms with Crippen molar-refractivity contribution in [1.29, 1.82) is 0 Å². The van der Waals surface area contributed by atoms with Gasteiger partial charge in [0, 0.05) is 48.5 Å². The summed E-state index contributed by atoms with van der Waals surface area (Å²) < 4.78 is 0. The Morgan fingerprint density at radius 2 is 1.80 bits per heavy atom. The Bertz CT molecular complexity index is 758. The van der Waals surface area contributed by atoms with Crippen LogP contribution < -0.4 is 5.32 Å². The third-order valence-electron chi connectivity index (χ3n) is 4.44. The first kappa shape index (κ1) is 18.1. The predicted octanol–water partition coefficient (Wildman–Crippen LogP) is 4.65. The summed E-state index contributed by atoms with van der Waals surface area (Å²) in [5.74, 6) is 0. The number of aryl methyl sites for hydroxylation is 1. The first-order valence-electron chi connectivity index (χ1n) is 8.31. The summed E-state index contributed by atoms with van der Waals surface area (Å²) in [6.45, 7) is 5.80. The standard InChI is InChI=1S/C19H21Cl2N3O/c1-14-12-16(20)6-7-18(14)22-19(25)24-10-8-23(9-11-24)13-15-4-2-3-5-17(15)21/h2-7,12H,8-11,13H2,1H3,(H,22,25). The van der Waals surface area contributed by atoms with Gasteiger partial charge in [0.1, 0.15) is 0 Å². The number of hydrogen-bond donors (Lipinski definition) is 1. The van der Waals surface area contributed by atoms with Gasteiger partial charge in [0.05, 0.1) is 0 Å². The van der Waals surface area contributed by atoms with Gasteiger partial charge in [-0.1, -0.05) is 41.4 Å². The maximum absolute atomic E-state index is 12.5. The average Bonchev–Trinajstić information content (AvgIpc) is 2.60. The van der Waals surface area contributed by atoms with Gasteiger partial charge in [-0.2, -0.15) is 0 Å². The van der Waals surface area contributed by atoms with Crippen molar-refractivity contribution in [2.45, 2.75) is 13.5 Å². The summed E-state index contributed by atoms with van der Waals surface area (Å²) in [6, 6.07) is 13.3. The minimum atomic E-state index is -0.0668. The fourth-order valence-electron chi connectivity index (χ4n) is 2.94. The molecule has 1 aliphatic heterocycles. The van der Waals surface area contributed by atoms with Gasteiger partial charge in [-0.15, -0.1) is 0 Å². The Morgan fingerprint density at radius 1 is 1.08 bits per heavy atom.